The van der Waals surface area contributed by atoms with Crippen LogP contribution in [0.3, 0.4) is 0 Å². The van der Waals surface area contributed by atoms with Gasteiger partial charge in [-0.05, 0) is 28.5 Å². The largest absolute Gasteiger partial charge is 0.326 e. The van der Waals surface area contributed by atoms with Gasteiger partial charge in [-0.15, -0.1) is 5.10 Å². The summed E-state index contributed by atoms with van der Waals surface area (Å²) in [6.07, 6.45) is 0. The number of benzene rings is 1. The van der Waals surface area contributed by atoms with E-state index in [1.807, 2.05) is 31.2 Å². The van der Waals surface area contributed by atoms with E-state index in [4.69, 9.17) is 5.73 Å². The number of nitrogens with zero attached hydrogens (tertiary/aromatic N) is 4. The predicted molar refractivity (Wildman–Crippen MR) is 56.0 cm³/mol. The van der Waals surface area contributed by atoms with Gasteiger partial charge >= 0.3 is 0 Å². The van der Waals surface area contributed by atoms with Crippen LogP contribution in [0.15, 0.2) is 24.3 Å². The quantitative estimate of drug-likeness (QED) is 0.788. The molecule has 0 bridgehead atoms. The molecule has 0 aliphatic heterocycles. The minimum Gasteiger partial charge on any atom is -0.326 e. The first-order chi connectivity index (χ1) is 7.29. The van der Waals surface area contributed by atoms with Crippen LogP contribution in [0.25, 0.3) is 0 Å². The first-order valence-electron chi connectivity index (χ1n) is 4.80. The third-order valence-corrected chi connectivity index (χ3v) is 2.30. The lowest BCUT2D eigenvalue weighted by molar-refractivity contribution is 0.633. The molecular weight excluding hydrogens is 190 g/mol. The molecule has 0 saturated carbocycles. The highest BCUT2D eigenvalue weighted by Crippen LogP contribution is 2.05. The van der Waals surface area contributed by atoms with Crippen LogP contribution in [0.2, 0.25) is 0 Å². The first-order valence-corrected chi connectivity index (χ1v) is 4.80. The van der Waals surface area contributed by atoms with Crippen LogP contribution >= 0.6 is 0 Å². The average Bonchev–Trinajstić information content (AvgIpc) is 2.66. The van der Waals surface area contributed by atoms with Crippen LogP contribution in [0.5, 0.6) is 0 Å². The van der Waals surface area contributed by atoms with Gasteiger partial charge in [0.25, 0.3) is 0 Å². The minimum absolute atomic E-state index is 0.574. The number of hydrogen-bond acceptors (Lipinski definition) is 4. The molecule has 0 saturated heterocycles. The van der Waals surface area contributed by atoms with E-state index in [-0.39, 0.29) is 0 Å². The maximum atomic E-state index is 5.52. The summed E-state index contributed by atoms with van der Waals surface area (Å²) >= 11 is 0. The Balaban J connectivity index is 2.14. The van der Waals surface area contributed by atoms with E-state index in [9.17, 15) is 0 Å². The van der Waals surface area contributed by atoms with Crippen molar-refractivity contribution in [2.75, 3.05) is 0 Å². The Morgan fingerprint density at radius 1 is 1.20 bits per heavy atom. The molecule has 78 valence electrons. The smallest absolute Gasteiger partial charge is 0.148 e. The van der Waals surface area contributed by atoms with Crippen molar-refractivity contribution >= 4 is 0 Å². The molecule has 2 N–H and O–H groups in total. The van der Waals surface area contributed by atoms with Gasteiger partial charge in [-0.2, -0.15) is 0 Å². The monoisotopic (exact) mass is 203 g/mol. The third-order valence-electron chi connectivity index (χ3n) is 2.30. The van der Waals surface area contributed by atoms with Gasteiger partial charge in [0.15, 0.2) is 0 Å². The predicted octanol–water partition coefficient (Wildman–Crippen LogP) is 0.489. The molecule has 0 aliphatic carbocycles. The molecule has 5 heteroatoms. The standard InChI is InChI=1S/C10H13N5/c1-8-12-13-14-15(8)7-10-4-2-9(6-11)3-5-10/h2-5H,6-7,11H2,1H3. The molecule has 1 aromatic heterocycles. The molecule has 5 nitrogen and oxygen atoms in total. The fourth-order valence-electron chi connectivity index (χ4n) is 1.35. The Morgan fingerprint density at radius 3 is 2.40 bits per heavy atom. The van der Waals surface area contributed by atoms with Crippen LogP contribution in [-0.4, -0.2) is 20.2 Å². The van der Waals surface area contributed by atoms with E-state index in [0.717, 1.165) is 11.4 Å². The minimum atomic E-state index is 0.574. The van der Waals surface area contributed by atoms with Crippen molar-refractivity contribution < 1.29 is 0 Å². The lowest BCUT2D eigenvalue weighted by Gasteiger charge is -2.03. The van der Waals surface area contributed by atoms with E-state index >= 15 is 0 Å². The average molecular weight is 203 g/mol. The van der Waals surface area contributed by atoms with E-state index in [1.54, 1.807) is 4.68 Å². The second kappa shape index (κ2) is 4.18. The Kier molecular flexibility index (Phi) is 2.73. The summed E-state index contributed by atoms with van der Waals surface area (Å²) in [5.74, 6) is 0.818. The van der Waals surface area contributed by atoms with Crippen LogP contribution in [-0.2, 0) is 13.1 Å². The van der Waals surface area contributed by atoms with Crippen LogP contribution in [0.4, 0.5) is 0 Å². The molecule has 0 aliphatic rings. The highest BCUT2D eigenvalue weighted by atomic mass is 15.5. The number of aromatic nitrogens is 4. The number of rotatable bonds is 3. The highest BCUT2D eigenvalue weighted by molar-refractivity contribution is 5.22. The van der Waals surface area contributed by atoms with Crippen molar-refractivity contribution in [1.29, 1.82) is 0 Å². The van der Waals surface area contributed by atoms with E-state index in [0.29, 0.717) is 13.1 Å². The van der Waals surface area contributed by atoms with Gasteiger partial charge in [-0.25, -0.2) is 4.68 Å². The summed E-state index contributed by atoms with van der Waals surface area (Å²) in [4.78, 5) is 0. The number of hydrogen-bond donors (Lipinski definition) is 1. The third kappa shape index (κ3) is 2.19. The van der Waals surface area contributed by atoms with Gasteiger partial charge in [0.05, 0.1) is 6.54 Å². The fraction of sp³-hybridized carbons (Fsp3) is 0.300. The van der Waals surface area contributed by atoms with Crippen molar-refractivity contribution in [2.24, 2.45) is 5.73 Å². The molecule has 1 heterocycles. The zero-order valence-electron chi connectivity index (χ0n) is 8.59. The zero-order valence-corrected chi connectivity index (χ0v) is 8.59. The van der Waals surface area contributed by atoms with Crippen molar-refractivity contribution in [2.45, 2.75) is 20.0 Å². The lowest BCUT2D eigenvalue weighted by Crippen LogP contribution is -2.04. The van der Waals surface area contributed by atoms with Gasteiger partial charge in [-0.1, -0.05) is 24.3 Å². The van der Waals surface area contributed by atoms with Crippen LogP contribution in [0, 0.1) is 6.92 Å². The Morgan fingerprint density at radius 2 is 1.87 bits per heavy atom. The molecule has 0 unspecified atom stereocenters. The van der Waals surface area contributed by atoms with E-state index in [2.05, 4.69) is 15.5 Å². The molecule has 2 rings (SSSR count). The summed E-state index contributed by atoms with van der Waals surface area (Å²) in [7, 11) is 0. The summed E-state index contributed by atoms with van der Waals surface area (Å²) in [5.41, 5.74) is 7.82. The molecule has 0 radical (unpaired) electrons. The number of tetrazole rings is 1. The van der Waals surface area contributed by atoms with Gasteiger partial charge in [-0.3, -0.25) is 0 Å². The molecule has 0 spiro atoms. The fourth-order valence-corrected chi connectivity index (χ4v) is 1.35. The molecular formula is C10H13N5. The Hall–Kier alpha value is -1.75. The van der Waals surface area contributed by atoms with Crippen molar-refractivity contribution in [3.8, 4) is 0 Å². The van der Waals surface area contributed by atoms with Gasteiger partial charge < -0.3 is 5.73 Å². The maximum absolute atomic E-state index is 5.52. The van der Waals surface area contributed by atoms with E-state index in [1.165, 1.54) is 5.56 Å². The molecule has 1 aromatic carbocycles. The lowest BCUT2D eigenvalue weighted by atomic mass is 10.1. The molecule has 0 amide bonds. The van der Waals surface area contributed by atoms with Crippen molar-refractivity contribution in [3.05, 3.63) is 41.2 Å². The normalized spacial score (nSPS) is 10.5. The zero-order chi connectivity index (χ0) is 10.7. The van der Waals surface area contributed by atoms with Gasteiger partial charge in [0.1, 0.15) is 5.82 Å². The number of aryl methyl sites for hydroxylation is 1. The Labute approximate surface area is 87.9 Å². The van der Waals surface area contributed by atoms with Crippen LogP contribution < -0.4 is 5.73 Å². The van der Waals surface area contributed by atoms with E-state index < -0.39 is 0 Å². The number of nitrogens with two attached hydrogens (primary N) is 1. The summed E-state index contributed by atoms with van der Waals surface area (Å²) in [5, 5.41) is 11.3. The summed E-state index contributed by atoms with van der Waals surface area (Å²) in [6, 6.07) is 8.14. The Bertz CT molecular complexity index is 431. The molecule has 0 atom stereocenters. The molecule has 2 aromatic rings. The summed E-state index contributed by atoms with van der Waals surface area (Å²) < 4.78 is 1.76. The SMILES string of the molecule is Cc1nnnn1Cc1ccc(CN)cc1. The maximum Gasteiger partial charge on any atom is 0.148 e. The summed E-state index contributed by atoms with van der Waals surface area (Å²) in [6.45, 7) is 3.15. The second-order valence-corrected chi connectivity index (χ2v) is 3.40. The topological polar surface area (TPSA) is 69.6 Å². The second-order valence-electron chi connectivity index (χ2n) is 3.40. The highest BCUT2D eigenvalue weighted by Gasteiger charge is 2.00. The molecule has 0 fully saturated rings. The van der Waals surface area contributed by atoms with Crippen molar-refractivity contribution in [1.82, 2.24) is 20.2 Å². The first kappa shape index (κ1) is 9.79. The van der Waals surface area contributed by atoms with Crippen molar-refractivity contribution in [3.63, 3.8) is 0 Å². The molecule has 15 heavy (non-hydrogen) atoms. The van der Waals surface area contributed by atoms with Gasteiger partial charge in [0, 0.05) is 6.54 Å². The van der Waals surface area contributed by atoms with Gasteiger partial charge in [0.2, 0.25) is 0 Å². The van der Waals surface area contributed by atoms with Crippen LogP contribution in [0.1, 0.15) is 17.0 Å².